The summed E-state index contributed by atoms with van der Waals surface area (Å²) in [4.78, 5) is 26.9. The van der Waals surface area contributed by atoms with Gasteiger partial charge in [0.1, 0.15) is 6.10 Å². The van der Waals surface area contributed by atoms with Crippen LogP contribution in [0.25, 0.3) is 0 Å². The number of ether oxygens (including phenoxy) is 1. The van der Waals surface area contributed by atoms with Crippen molar-refractivity contribution in [1.29, 1.82) is 0 Å². The zero-order valence-electron chi connectivity index (χ0n) is 23.9. The Morgan fingerprint density at radius 3 is 1.80 bits per heavy atom. The highest BCUT2D eigenvalue weighted by atomic mass is 28.4. The molecule has 0 heterocycles. The Morgan fingerprint density at radius 1 is 0.886 bits per heavy atom. The van der Waals surface area contributed by atoms with E-state index in [0.29, 0.717) is 5.56 Å². The molecule has 200 valence electrons. The second-order valence-electron chi connectivity index (χ2n) is 12.8. The number of aliphatic hydroxyl groups is 1. The van der Waals surface area contributed by atoms with Gasteiger partial charge >= 0.3 is 5.97 Å². The number of benzene rings is 1. The molecule has 1 aromatic rings. The van der Waals surface area contributed by atoms with E-state index in [0.717, 1.165) is 0 Å². The highest BCUT2D eigenvalue weighted by Gasteiger charge is 2.46. The van der Waals surface area contributed by atoms with Crippen LogP contribution in [0, 0.1) is 5.92 Å². The number of hydrogen-bond acceptors (Lipinski definition) is 6. The van der Waals surface area contributed by atoms with Crippen LogP contribution >= 0.6 is 0 Å². The molecule has 1 aromatic carbocycles. The summed E-state index contributed by atoms with van der Waals surface area (Å²) in [5, 5.41) is 10.8. The summed E-state index contributed by atoms with van der Waals surface area (Å²) in [7, 11) is -4.67. The fraction of sp³-hybridized carbons (Fsp3) is 0.704. The molecule has 0 amide bonds. The maximum absolute atomic E-state index is 13.9. The second kappa shape index (κ2) is 11.8. The topological polar surface area (TPSA) is 82.1 Å². The standard InChI is InChI=1S/C27H48O6Si2/c1-19(2)22(28)24(33-35(11,12)27(6,7)8)23(29)21(18-31-34(9,10)26(3,4)5)32-25(30)20-16-14-13-15-17-20/h13-17,19,21-22,24,28H,18H2,1-12H3/t21-,22+,24+/m0/s1. The highest BCUT2D eigenvalue weighted by Crippen LogP contribution is 2.39. The minimum absolute atomic E-state index is 0.0733. The first-order valence-electron chi connectivity index (χ1n) is 12.5. The number of Topliss-reactive ketones (excluding diaryl/α,β-unsaturated/α-hetero) is 1. The van der Waals surface area contributed by atoms with Gasteiger partial charge in [0.15, 0.2) is 22.7 Å². The maximum atomic E-state index is 13.9. The number of ketones is 1. The first-order chi connectivity index (χ1) is 15.7. The van der Waals surface area contributed by atoms with Gasteiger partial charge in [0.05, 0.1) is 18.3 Å². The van der Waals surface area contributed by atoms with Gasteiger partial charge < -0.3 is 18.7 Å². The Morgan fingerprint density at radius 2 is 1.37 bits per heavy atom. The molecule has 6 nitrogen and oxygen atoms in total. The summed E-state index contributed by atoms with van der Waals surface area (Å²) in [6, 6.07) is 8.58. The minimum Gasteiger partial charge on any atom is -0.448 e. The number of esters is 1. The molecule has 1 rings (SSSR count). The summed E-state index contributed by atoms with van der Waals surface area (Å²) in [6.45, 7) is 24.4. The number of carbonyl (C=O) groups is 2. The lowest BCUT2D eigenvalue weighted by Gasteiger charge is -2.41. The molecule has 0 spiro atoms. The zero-order chi connectivity index (χ0) is 27.4. The van der Waals surface area contributed by atoms with E-state index >= 15 is 0 Å². The van der Waals surface area contributed by atoms with Gasteiger partial charge in [-0.15, -0.1) is 0 Å². The van der Waals surface area contributed by atoms with Crippen molar-refractivity contribution in [2.75, 3.05) is 6.61 Å². The van der Waals surface area contributed by atoms with Crippen molar-refractivity contribution in [3.8, 4) is 0 Å². The Bertz CT molecular complexity index is 837. The van der Waals surface area contributed by atoms with Gasteiger partial charge in [-0.25, -0.2) is 4.79 Å². The number of hydrogen-bond donors (Lipinski definition) is 1. The monoisotopic (exact) mass is 524 g/mol. The fourth-order valence-corrected chi connectivity index (χ4v) is 5.01. The lowest BCUT2D eigenvalue weighted by molar-refractivity contribution is -0.144. The van der Waals surface area contributed by atoms with Crippen molar-refractivity contribution in [2.24, 2.45) is 5.92 Å². The van der Waals surface area contributed by atoms with Crippen molar-refractivity contribution in [3.05, 3.63) is 35.9 Å². The van der Waals surface area contributed by atoms with Crippen LogP contribution in [0.2, 0.25) is 36.3 Å². The van der Waals surface area contributed by atoms with Crippen molar-refractivity contribution in [1.82, 2.24) is 0 Å². The molecule has 0 saturated carbocycles. The van der Waals surface area contributed by atoms with Gasteiger partial charge in [0.2, 0.25) is 5.78 Å². The van der Waals surface area contributed by atoms with Crippen LogP contribution < -0.4 is 0 Å². The van der Waals surface area contributed by atoms with Gasteiger partial charge in [-0.3, -0.25) is 4.79 Å². The van der Waals surface area contributed by atoms with E-state index in [4.69, 9.17) is 13.6 Å². The van der Waals surface area contributed by atoms with Crippen molar-refractivity contribution in [2.45, 2.75) is 110 Å². The molecule has 3 atom stereocenters. The number of rotatable bonds is 11. The molecule has 0 fully saturated rings. The molecule has 0 aliphatic rings. The van der Waals surface area contributed by atoms with Crippen LogP contribution in [0.3, 0.4) is 0 Å². The van der Waals surface area contributed by atoms with E-state index in [1.54, 1.807) is 24.3 Å². The van der Waals surface area contributed by atoms with E-state index < -0.39 is 46.7 Å². The number of aliphatic hydroxyl groups excluding tert-OH is 1. The summed E-state index contributed by atoms with van der Waals surface area (Å²) >= 11 is 0. The smallest absolute Gasteiger partial charge is 0.338 e. The van der Waals surface area contributed by atoms with Crippen molar-refractivity contribution >= 4 is 28.4 Å². The molecule has 0 unspecified atom stereocenters. The minimum atomic E-state index is -2.43. The lowest BCUT2D eigenvalue weighted by Crippen LogP contribution is -2.55. The first-order valence-corrected chi connectivity index (χ1v) is 18.3. The van der Waals surface area contributed by atoms with Gasteiger partial charge in [-0.05, 0) is 54.3 Å². The first kappa shape index (κ1) is 31.7. The largest absolute Gasteiger partial charge is 0.448 e. The number of carbonyl (C=O) groups excluding carboxylic acids is 2. The SMILES string of the molecule is CC(C)[C@@H](O)[C@@H](O[Si](C)(C)C(C)(C)C)C(=O)[C@H](CO[Si](C)(C)C(C)(C)C)OC(=O)c1ccccc1. The summed E-state index contributed by atoms with van der Waals surface area (Å²) in [5.41, 5.74) is 0.351. The Kier molecular flexibility index (Phi) is 10.7. The van der Waals surface area contributed by atoms with E-state index in [2.05, 4.69) is 54.6 Å². The molecule has 35 heavy (non-hydrogen) atoms. The molecule has 0 saturated heterocycles. The predicted molar refractivity (Wildman–Crippen MR) is 147 cm³/mol. The molecule has 1 N–H and O–H groups in total. The van der Waals surface area contributed by atoms with Crippen LogP contribution in [-0.2, 0) is 18.4 Å². The van der Waals surface area contributed by atoms with Gasteiger partial charge in [0.25, 0.3) is 0 Å². The van der Waals surface area contributed by atoms with Crippen molar-refractivity contribution in [3.63, 3.8) is 0 Å². The molecule has 0 aliphatic carbocycles. The van der Waals surface area contributed by atoms with Crippen LogP contribution in [0.5, 0.6) is 0 Å². The third-order valence-corrected chi connectivity index (χ3v) is 16.4. The average Bonchev–Trinajstić information content (AvgIpc) is 2.72. The Labute approximate surface area is 215 Å². The second-order valence-corrected chi connectivity index (χ2v) is 22.3. The molecule has 8 heteroatoms. The van der Waals surface area contributed by atoms with Gasteiger partial charge in [-0.2, -0.15) is 0 Å². The summed E-state index contributed by atoms with van der Waals surface area (Å²) in [5.74, 6) is -1.28. The molecule has 0 aromatic heterocycles. The normalized spacial score (nSPS) is 16.1. The molecular weight excluding hydrogens is 476 g/mol. The molecule has 0 radical (unpaired) electrons. The lowest BCUT2D eigenvalue weighted by atomic mass is 9.96. The molecule has 0 bridgehead atoms. The van der Waals surface area contributed by atoms with Crippen LogP contribution in [0.15, 0.2) is 30.3 Å². The molecule has 0 aliphatic heterocycles. The van der Waals surface area contributed by atoms with E-state index in [-0.39, 0.29) is 22.6 Å². The van der Waals surface area contributed by atoms with E-state index in [9.17, 15) is 14.7 Å². The quantitative estimate of drug-likeness (QED) is 0.274. The highest BCUT2D eigenvalue weighted by molar-refractivity contribution is 6.74. The Balaban J connectivity index is 3.37. The maximum Gasteiger partial charge on any atom is 0.338 e. The van der Waals surface area contributed by atoms with Gasteiger partial charge in [0, 0.05) is 0 Å². The fourth-order valence-electron chi connectivity index (χ4n) is 2.77. The summed E-state index contributed by atoms with van der Waals surface area (Å²) < 4.78 is 18.5. The van der Waals surface area contributed by atoms with Gasteiger partial charge in [-0.1, -0.05) is 73.6 Å². The van der Waals surface area contributed by atoms with Crippen LogP contribution in [0.4, 0.5) is 0 Å². The van der Waals surface area contributed by atoms with E-state index in [1.807, 2.05) is 33.0 Å². The third-order valence-electron chi connectivity index (χ3n) is 7.48. The van der Waals surface area contributed by atoms with Crippen molar-refractivity contribution < 1.29 is 28.3 Å². The average molecular weight is 525 g/mol. The summed E-state index contributed by atoms with van der Waals surface area (Å²) in [6.07, 6.45) is -3.35. The Hall–Kier alpha value is -1.33. The van der Waals surface area contributed by atoms with E-state index in [1.165, 1.54) is 0 Å². The third kappa shape index (κ3) is 8.63. The van der Waals surface area contributed by atoms with Crippen LogP contribution in [-0.4, -0.2) is 58.4 Å². The van der Waals surface area contributed by atoms with Crippen LogP contribution in [0.1, 0.15) is 65.7 Å². The zero-order valence-corrected chi connectivity index (χ0v) is 25.9. The predicted octanol–water partition coefficient (Wildman–Crippen LogP) is 6.21. The molecular formula is C27H48O6Si2.